The van der Waals surface area contributed by atoms with Crippen LogP contribution in [0, 0.1) is 0 Å². The maximum Gasteiger partial charge on any atom is 0.319 e. The van der Waals surface area contributed by atoms with Gasteiger partial charge in [0.15, 0.2) is 0 Å². The van der Waals surface area contributed by atoms with E-state index in [4.69, 9.17) is 0 Å². The summed E-state index contributed by atoms with van der Waals surface area (Å²) in [4.78, 5) is 18.6. The molecule has 2 amide bonds. The van der Waals surface area contributed by atoms with Crippen LogP contribution in [-0.4, -0.2) is 30.1 Å². The molecule has 1 fully saturated rings. The number of halogens is 1. The highest BCUT2D eigenvalue weighted by atomic mass is 79.9. The zero-order valence-electron chi connectivity index (χ0n) is 12.0. The number of anilines is 2. The summed E-state index contributed by atoms with van der Waals surface area (Å²) in [7, 11) is 0. The Morgan fingerprint density at radius 3 is 2.82 bits per heavy atom. The van der Waals surface area contributed by atoms with Gasteiger partial charge in [-0.1, -0.05) is 18.2 Å². The normalized spacial score (nSPS) is 17.3. The van der Waals surface area contributed by atoms with Crippen molar-refractivity contribution in [3.63, 3.8) is 0 Å². The zero-order valence-corrected chi connectivity index (χ0v) is 13.6. The van der Waals surface area contributed by atoms with Crippen LogP contribution < -0.4 is 15.5 Å². The van der Waals surface area contributed by atoms with E-state index in [1.165, 1.54) is 0 Å². The summed E-state index contributed by atoms with van der Waals surface area (Å²) in [5.74, 6) is 0.956. The number of aromatic nitrogens is 1. The van der Waals surface area contributed by atoms with E-state index in [0.717, 1.165) is 35.5 Å². The van der Waals surface area contributed by atoms with Crippen LogP contribution in [-0.2, 0) is 0 Å². The Kier molecular flexibility index (Phi) is 4.58. The number of pyridine rings is 1. The van der Waals surface area contributed by atoms with E-state index in [1.807, 2.05) is 42.5 Å². The Balaban J connectivity index is 1.54. The van der Waals surface area contributed by atoms with Crippen molar-refractivity contribution in [3.8, 4) is 0 Å². The second-order valence-corrected chi connectivity index (χ2v) is 6.05. The average Bonchev–Trinajstić information content (AvgIpc) is 2.99. The van der Waals surface area contributed by atoms with Crippen LogP contribution in [0.25, 0.3) is 0 Å². The predicted octanol–water partition coefficient (Wildman–Crippen LogP) is 3.24. The van der Waals surface area contributed by atoms with Crippen LogP contribution in [0.5, 0.6) is 0 Å². The lowest BCUT2D eigenvalue weighted by atomic mass is 10.3. The van der Waals surface area contributed by atoms with Crippen LogP contribution in [0.1, 0.15) is 6.42 Å². The molecule has 1 aromatic heterocycles. The average molecular weight is 361 g/mol. The first-order chi connectivity index (χ1) is 10.7. The third-order valence-corrected chi connectivity index (χ3v) is 4.31. The van der Waals surface area contributed by atoms with E-state index in [9.17, 15) is 4.79 Å². The van der Waals surface area contributed by atoms with E-state index in [2.05, 4.69) is 36.4 Å². The number of nitrogens with zero attached hydrogens (tertiary/aromatic N) is 2. The quantitative estimate of drug-likeness (QED) is 0.883. The molecule has 0 spiro atoms. The molecule has 0 unspecified atom stereocenters. The third kappa shape index (κ3) is 3.57. The second kappa shape index (κ2) is 6.79. The molecule has 0 aliphatic carbocycles. The number of hydrogen-bond donors (Lipinski definition) is 2. The Hall–Kier alpha value is -2.08. The molecule has 114 valence electrons. The Labute approximate surface area is 137 Å². The van der Waals surface area contributed by atoms with E-state index in [1.54, 1.807) is 6.20 Å². The van der Waals surface area contributed by atoms with Gasteiger partial charge in [0.1, 0.15) is 5.82 Å². The molecule has 2 aromatic rings. The van der Waals surface area contributed by atoms with Crippen LogP contribution >= 0.6 is 15.9 Å². The van der Waals surface area contributed by atoms with Crippen LogP contribution in [0.4, 0.5) is 16.3 Å². The molecular weight excluding hydrogens is 344 g/mol. The standard InChI is InChI=1S/C16H17BrN4O/c17-13-5-1-2-6-14(13)20-16(22)19-12-8-10-21(11-12)15-7-3-4-9-18-15/h1-7,9,12H,8,10-11H2,(H2,19,20,22)/t12-/m1/s1. The van der Waals surface area contributed by atoms with Gasteiger partial charge < -0.3 is 15.5 Å². The van der Waals surface area contributed by atoms with Crippen molar-refractivity contribution in [1.29, 1.82) is 0 Å². The van der Waals surface area contributed by atoms with Gasteiger partial charge in [-0.25, -0.2) is 9.78 Å². The molecule has 2 heterocycles. The molecule has 0 radical (unpaired) electrons. The summed E-state index contributed by atoms with van der Waals surface area (Å²) < 4.78 is 0.867. The van der Waals surface area contributed by atoms with Gasteiger partial charge in [-0.05, 0) is 46.6 Å². The Morgan fingerprint density at radius 2 is 2.05 bits per heavy atom. The van der Waals surface area contributed by atoms with E-state index < -0.39 is 0 Å². The van der Waals surface area contributed by atoms with Gasteiger partial charge in [-0.3, -0.25) is 0 Å². The van der Waals surface area contributed by atoms with Gasteiger partial charge in [-0.2, -0.15) is 0 Å². The lowest BCUT2D eigenvalue weighted by Crippen LogP contribution is -2.39. The minimum atomic E-state index is -0.181. The van der Waals surface area contributed by atoms with E-state index >= 15 is 0 Å². The molecule has 0 saturated carbocycles. The lowest BCUT2D eigenvalue weighted by Gasteiger charge is -2.18. The summed E-state index contributed by atoms with van der Waals surface area (Å²) in [6, 6.07) is 13.4. The fourth-order valence-electron chi connectivity index (χ4n) is 2.53. The molecule has 3 rings (SSSR count). The maximum absolute atomic E-state index is 12.1. The molecule has 0 bridgehead atoms. The predicted molar refractivity (Wildman–Crippen MR) is 91.2 cm³/mol. The first kappa shape index (κ1) is 14.8. The number of rotatable bonds is 3. The summed E-state index contributed by atoms with van der Waals surface area (Å²) in [5.41, 5.74) is 0.763. The summed E-state index contributed by atoms with van der Waals surface area (Å²) in [6.07, 6.45) is 2.70. The van der Waals surface area contributed by atoms with Crippen LogP contribution in [0.2, 0.25) is 0 Å². The van der Waals surface area contributed by atoms with E-state index in [0.29, 0.717) is 0 Å². The van der Waals surface area contributed by atoms with Crippen molar-refractivity contribution in [2.24, 2.45) is 0 Å². The molecule has 1 aliphatic rings. The van der Waals surface area contributed by atoms with Gasteiger partial charge in [0.05, 0.1) is 5.69 Å². The van der Waals surface area contributed by atoms with Crippen molar-refractivity contribution in [2.45, 2.75) is 12.5 Å². The largest absolute Gasteiger partial charge is 0.354 e. The highest BCUT2D eigenvalue weighted by molar-refractivity contribution is 9.10. The van der Waals surface area contributed by atoms with Gasteiger partial charge in [0.2, 0.25) is 0 Å². The van der Waals surface area contributed by atoms with Crippen molar-refractivity contribution < 1.29 is 4.79 Å². The monoisotopic (exact) mass is 360 g/mol. The third-order valence-electron chi connectivity index (χ3n) is 3.62. The van der Waals surface area contributed by atoms with Crippen molar-refractivity contribution in [1.82, 2.24) is 10.3 Å². The van der Waals surface area contributed by atoms with Gasteiger partial charge >= 0.3 is 6.03 Å². The fourth-order valence-corrected chi connectivity index (χ4v) is 2.92. The smallest absolute Gasteiger partial charge is 0.319 e. The number of nitrogens with one attached hydrogen (secondary N) is 2. The number of amides is 2. The van der Waals surface area contributed by atoms with Crippen molar-refractivity contribution >= 4 is 33.5 Å². The SMILES string of the molecule is O=C(Nc1ccccc1Br)N[C@@H]1CCN(c2ccccn2)C1. The molecule has 5 nitrogen and oxygen atoms in total. The van der Waals surface area contributed by atoms with Crippen LogP contribution in [0.15, 0.2) is 53.1 Å². The Bertz CT molecular complexity index is 650. The minimum Gasteiger partial charge on any atom is -0.354 e. The van der Waals surface area contributed by atoms with Gasteiger partial charge in [-0.15, -0.1) is 0 Å². The van der Waals surface area contributed by atoms with Crippen molar-refractivity contribution in [3.05, 3.63) is 53.1 Å². The minimum absolute atomic E-state index is 0.129. The van der Waals surface area contributed by atoms with Crippen LogP contribution in [0.3, 0.4) is 0 Å². The Morgan fingerprint density at radius 1 is 1.23 bits per heavy atom. The lowest BCUT2D eigenvalue weighted by molar-refractivity contribution is 0.249. The zero-order chi connectivity index (χ0) is 15.4. The number of urea groups is 1. The number of carbonyl (C=O) groups excluding carboxylic acids is 1. The van der Waals surface area contributed by atoms with Gasteiger partial charge in [0, 0.05) is 29.8 Å². The molecule has 22 heavy (non-hydrogen) atoms. The molecule has 1 aliphatic heterocycles. The molecular formula is C16H17BrN4O. The number of hydrogen-bond acceptors (Lipinski definition) is 3. The molecule has 1 saturated heterocycles. The molecule has 1 aromatic carbocycles. The fraction of sp³-hybridized carbons (Fsp3) is 0.250. The number of benzene rings is 1. The summed E-state index contributed by atoms with van der Waals surface area (Å²) >= 11 is 3.42. The first-order valence-corrected chi connectivity index (χ1v) is 8.00. The van der Waals surface area contributed by atoms with Gasteiger partial charge in [0.25, 0.3) is 0 Å². The second-order valence-electron chi connectivity index (χ2n) is 5.20. The summed E-state index contributed by atoms with van der Waals surface area (Å²) in [6.45, 7) is 1.68. The highest BCUT2D eigenvalue weighted by Gasteiger charge is 2.24. The number of para-hydroxylation sites is 1. The van der Waals surface area contributed by atoms with Crippen molar-refractivity contribution in [2.75, 3.05) is 23.3 Å². The molecule has 1 atom stereocenters. The van der Waals surface area contributed by atoms with E-state index in [-0.39, 0.29) is 12.1 Å². The molecule has 6 heteroatoms. The maximum atomic E-state index is 12.1. The molecule has 2 N–H and O–H groups in total. The summed E-state index contributed by atoms with van der Waals surface area (Å²) in [5, 5.41) is 5.87. The first-order valence-electron chi connectivity index (χ1n) is 7.20. The highest BCUT2D eigenvalue weighted by Crippen LogP contribution is 2.21. The topological polar surface area (TPSA) is 57.3 Å². The number of carbonyl (C=O) groups is 1.